The largest absolute Gasteiger partial charge is 0.386 e. The minimum atomic E-state index is -1.01. The molecule has 1 aromatic carbocycles. The number of carbonyl (C=O) groups excluding carboxylic acids is 1. The lowest BCUT2D eigenvalue weighted by molar-refractivity contribution is 0.0786. The molecule has 0 saturated carbocycles. The van der Waals surface area contributed by atoms with Crippen LogP contribution in [0.1, 0.15) is 68.6 Å². The first kappa shape index (κ1) is 23.1. The predicted octanol–water partition coefficient (Wildman–Crippen LogP) is 4.71. The van der Waals surface area contributed by atoms with Crippen LogP contribution >= 0.6 is 0 Å². The number of hydrogen-bond acceptors (Lipinski definition) is 3. The van der Waals surface area contributed by atoms with Gasteiger partial charge in [0, 0.05) is 30.7 Å². The molecule has 33 heavy (non-hydrogen) atoms. The van der Waals surface area contributed by atoms with Gasteiger partial charge in [-0.3, -0.25) is 9.59 Å². The molecule has 6 heteroatoms. The molecule has 1 aliphatic carbocycles. The maximum atomic E-state index is 12.9. The zero-order valence-corrected chi connectivity index (χ0v) is 20.1. The van der Waals surface area contributed by atoms with Gasteiger partial charge in [-0.15, -0.1) is 0 Å². The fourth-order valence-electron chi connectivity index (χ4n) is 4.56. The van der Waals surface area contributed by atoms with Crippen LogP contribution in [-0.4, -0.2) is 27.1 Å². The molecule has 4 rings (SSSR count). The molecule has 0 saturated heterocycles. The number of nitrogens with zero attached hydrogens (tertiary/aromatic N) is 1. The summed E-state index contributed by atoms with van der Waals surface area (Å²) in [6.07, 6.45) is 7.30. The van der Waals surface area contributed by atoms with E-state index in [4.69, 9.17) is 0 Å². The molecule has 0 aliphatic heterocycles. The topological polar surface area (TPSA) is 87.1 Å². The van der Waals surface area contributed by atoms with Crippen molar-refractivity contribution < 1.29 is 9.90 Å². The Morgan fingerprint density at radius 1 is 1.24 bits per heavy atom. The van der Waals surface area contributed by atoms with E-state index in [9.17, 15) is 14.7 Å². The molecule has 0 bridgehead atoms. The van der Waals surface area contributed by atoms with Gasteiger partial charge in [-0.05, 0) is 80.3 Å². The lowest BCUT2D eigenvalue weighted by Crippen LogP contribution is -2.23. The molecule has 3 aromatic rings. The van der Waals surface area contributed by atoms with E-state index in [2.05, 4.69) is 29.4 Å². The summed E-state index contributed by atoms with van der Waals surface area (Å²) in [6, 6.07) is 7.84. The maximum Gasteiger partial charge on any atom is 0.274 e. The van der Waals surface area contributed by atoms with Crippen LogP contribution in [0, 0.1) is 5.92 Å². The molecule has 2 aromatic heterocycles. The number of aromatic nitrogens is 2. The zero-order chi connectivity index (χ0) is 23.9. The number of hydrogen-bond donors (Lipinski definition) is 3. The Kier molecular flexibility index (Phi) is 6.06. The summed E-state index contributed by atoms with van der Waals surface area (Å²) in [5.41, 5.74) is 4.58. The van der Waals surface area contributed by atoms with Crippen molar-refractivity contribution in [3.63, 3.8) is 0 Å². The van der Waals surface area contributed by atoms with Gasteiger partial charge < -0.3 is 20.0 Å². The van der Waals surface area contributed by atoms with Gasteiger partial charge >= 0.3 is 0 Å². The first-order valence-corrected chi connectivity index (χ1v) is 11.7. The van der Waals surface area contributed by atoms with Gasteiger partial charge in [0.2, 0.25) is 0 Å². The summed E-state index contributed by atoms with van der Waals surface area (Å²) in [5, 5.41) is 14.2. The van der Waals surface area contributed by atoms with Crippen LogP contribution in [0.3, 0.4) is 0 Å². The number of rotatable bonds is 5. The third kappa shape index (κ3) is 4.40. The van der Waals surface area contributed by atoms with Gasteiger partial charge in [0.25, 0.3) is 11.5 Å². The zero-order valence-electron chi connectivity index (χ0n) is 20.1. The minimum absolute atomic E-state index is 0.185. The Balaban J connectivity index is 2.00. The Bertz CT molecular complexity index is 1300. The third-order valence-electron chi connectivity index (χ3n) is 6.58. The number of benzene rings is 1. The molecule has 0 radical (unpaired) electrons. The van der Waals surface area contributed by atoms with Crippen LogP contribution in [0.25, 0.3) is 27.6 Å². The summed E-state index contributed by atoms with van der Waals surface area (Å²) in [5.74, 6) is 0.428. The summed E-state index contributed by atoms with van der Waals surface area (Å²) in [7, 11) is 1.72. The number of amides is 1. The third-order valence-corrected chi connectivity index (χ3v) is 6.58. The van der Waals surface area contributed by atoms with E-state index >= 15 is 0 Å². The molecule has 2 heterocycles. The Morgan fingerprint density at radius 3 is 2.64 bits per heavy atom. The Morgan fingerprint density at radius 2 is 2.00 bits per heavy atom. The van der Waals surface area contributed by atoms with Crippen LogP contribution < -0.4 is 10.9 Å². The van der Waals surface area contributed by atoms with Crippen LogP contribution in [0.2, 0.25) is 0 Å². The number of pyridine rings is 1. The van der Waals surface area contributed by atoms with Crippen LogP contribution in [-0.2, 0) is 12.6 Å². The highest BCUT2D eigenvalue weighted by Gasteiger charge is 2.23. The number of carbonyl (C=O) groups is 1. The van der Waals surface area contributed by atoms with Gasteiger partial charge in [-0.25, -0.2) is 0 Å². The van der Waals surface area contributed by atoms with E-state index in [0.29, 0.717) is 29.1 Å². The van der Waals surface area contributed by atoms with Crippen LogP contribution in [0.4, 0.5) is 0 Å². The fourth-order valence-corrected chi connectivity index (χ4v) is 4.56. The van der Waals surface area contributed by atoms with E-state index in [1.807, 2.05) is 25.3 Å². The second kappa shape index (κ2) is 8.67. The van der Waals surface area contributed by atoms with Crippen molar-refractivity contribution in [2.24, 2.45) is 13.0 Å². The molecular weight excluding hydrogens is 414 g/mol. The lowest BCUT2D eigenvalue weighted by atomic mass is 9.83. The average molecular weight is 448 g/mol. The highest BCUT2D eigenvalue weighted by molar-refractivity contribution is 6.03. The predicted molar refractivity (Wildman–Crippen MR) is 133 cm³/mol. The maximum absolute atomic E-state index is 12.9. The quantitative estimate of drug-likeness (QED) is 0.529. The van der Waals surface area contributed by atoms with Crippen molar-refractivity contribution in [2.75, 3.05) is 6.54 Å². The van der Waals surface area contributed by atoms with Gasteiger partial charge in [0.1, 0.15) is 11.2 Å². The van der Waals surface area contributed by atoms with Crippen molar-refractivity contribution in [2.45, 2.75) is 52.6 Å². The number of aromatic amines is 1. The molecule has 1 unspecified atom stereocenters. The molecule has 0 spiro atoms. The number of aryl methyl sites for hydroxylation is 1. The molecule has 0 fully saturated rings. The Labute approximate surface area is 194 Å². The van der Waals surface area contributed by atoms with E-state index < -0.39 is 5.60 Å². The second-order valence-electron chi connectivity index (χ2n) is 9.72. The highest BCUT2D eigenvalue weighted by Crippen LogP contribution is 2.39. The van der Waals surface area contributed by atoms with E-state index in [0.717, 1.165) is 41.5 Å². The highest BCUT2D eigenvalue weighted by atomic mass is 16.3. The monoisotopic (exact) mass is 447 g/mol. The molecule has 1 amide bonds. The van der Waals surface area contributed by atoms with Gasteiger partial charge in [0.05, 0.1) is 5.60 Å². The summed E-state index contributed by atoms with van der Waals surface area (Å²) < 4.78 is 1.55. The number of H-pyrrole nitrogens is 1. The molecular formula is C27H33N3O3. The van der Waals surface area contributed by atoms with Crippen molar-refractivity contribution >= 4 is 22.4 Å². The average Bonchev–Trinajstić information content (AvgIpc) is 3.22. The fraction of sp³-hybridized carbons (Fsp3) is 0.407. The van der Waals surface area contributed by atoms with Crippen molar-refractivity contribution in [3.05, 3.63) is 63.7 Å². The van der Waals surface area contributed by atoms with Crippen molar-refractivity contribution in [1.29, 1.82) is 0 Å². The molecule has 3 N–H and O–H groups in total. The number of fused-ring (bicyclic) bond motifs is 1. The first-order chi connectivity index (χ1) is 15.6. The normalized spacial score (nSPS) is 16.7. The van der Waals surface area contributed by atoms with E-state index in [-0.39, 0.29) is 11.5 Å². The van der Waals surface area contributed by atoms with E-state index in [1.54, 1.807) is 31.5 Å². The van der Waals surface area contributed by atoms with Crippen LogP contribution in [0.5, 0.6) is 0 Å². The number of allylic oxidation sites excluding steroid dienone is 2. The smallest absolute Gasteiger partial charge is 0.274 e. The lowest BCUT2D eigenvalue weighted by Gasteiger charge is -2.24. The van der Waals surface area contributed by atoms with Gasteiger partial charge in [-0.2, -0.15) is 0 Å². The van der Waals surface area contributed by atoms with Crippen LogP contribution in [0.15, 0.2) is 41.3 Å². The SMILES string of the molecule is CCNC(=O)c1cc2c(-c3cc(C(C)(C)O)ccc3C3=CCC(C)CC3)cn(C)c(=O)c2[nH]1. The van der Waals surface area contributed by atoms with E-state index in [1.165, 1.54) is 5.57 Å². The second-order valence-corrected chi connectivity index (χ2v) is 9.72. The Hall–Kier alpha value is -3.12. The summed E-state index contributed by atoms with van der Waals surface area (Å²) in [6.45, 7) is 8.17. The number of nitrogens with one attached hydrogen (secondary N) is 2. The van der Waals surface area contributed by atoms with Crippen molar-refractivity contribution in [1.82, 2.24) is 14.9 Å². The summed E-state index contributed by atoms with van der Waals surface area (Å²) >= 11 is 0. The number of aliphatic hydroxyl groups is 1. The molecule has 6 nitrogen and oxygen atoms in total. The minimum Gasteiger partial charge on any atom is -0.386 e. The van der Waals surface area contributed by atoms with Crippen molar-refractivity contribution in [3.8, 4) is 11.1 Å². The van der Waals surface area contributed by atoms with Gasteiger partial charge in [0.15, 0.2) is 0 Å². The van der Waals surface area contributed by atoms with Gasteiger partial charge in [-0.1, -0.05) is 25.1 Å². The molecule has 174 valence electrons. The molecule has 1 aliphatic rings. The first-order valence-electron chi connectivity index (χ1n) is 11.7. The standard InChI is InChI=1S/C27H33N3O3/c1-6-28-25(31)23-14-21-22(15-30(5)26(32)24(21)29-23)20-13-18(27(3,4)33)11-12-19(20)17-9-7-16(2)8-10-17/h9,11-16,29,33H,6-8,10H2,1-5H3,(H,28,31). The molecule has 1 atom stereocenters. The summed E-state index contributed by atoms with van der Waals surface area (Å²) in [4.78, 5) is 28.4.